The predicted octanol–water partition coefficient (Wildman–Crippen LogP) is 4.88. The highest BCUT2D eigenvalue weighted by Gasteiger charge is 2.27. The van der Waals surface area contributed by atoms with Crippen LogP contribution in [0.25, 0.3) is 0 Å². The van der Waals surface area contributed by atoms with Gasteiger partial charge in [0.1, 0.15) is 5.82 Å². The Hall–Kier alpha value is -0.890. The highest BCUT2D eigenvalue weighted by molar-refractivity contribution is 6.31. The van der Waals surface area contributed by atoms with Gasteiger partial charge in [-0.3, -0.25) is 4.79 Å². The quantitative estimate of drug-likeness (QED) is 0.714. The van der Waals surface area contributed by atoms with Crippen LogP contribution < -0.4 is 0 Å². The molecule has 0 bridgehead atoms. The van der Waals surface area contributed by atoms with E-state index >= 15 is 0 Å². The Labute approximate surface area is 112 Å². The number of Topliss-reactive ketones (excluding diaryl/α,β-unsaturated/α-hetero) is 1. The first-order chi connectivity index (χ1) is 8.61. The molecule has 18 heavy (non-hydrogen) atoms. The van der Waals surface area contributed by atoms with E-state index in [1.807, 2.05) is 0 Å². The smallest absolute Gasteiger partial charge is 0.166 e. The van der Waals surface area contributed by atoms with Gasteiger partial charge >= 0.3 is 0 Å². The monoisotopic (exact) mass is 268 g/mol. The molecule has 1 aliphatic rings. The highest BCUT2D eigenvalue weighted by Crippen LogP contribution is 2.33. The number of benzene rings is 1. The van der Waals surface area contributed by atoms with E-state index in [-0.39, 0.29) is 16.7 Å². The second-order valence-corrected chi connectivity index (χ2v) is 5.54. The summed E-state index contributed by atoms with van der Waals surface area (Å²) >= 11 is 5.73. The number of halogens is 2. The topological polar surface area (TPSA) is 17.1 Å². The van der Waals surface area contributed by atoms with Crippen molar-refractivity contribution in [3.8, 4) is 0 Å². The molecule has 0 aromatic heterocycles. The van der Waals surface area contributed by atoms with E-state index < -0.39 is 5.82 Å². The van der Waals surface area contributed by atoms with Crippen LogP contribution in [0, 0.1) is 17.7 Å². The maximum absolute atomic E-state index is 13.1. The van der Waals surface area contributed by atoms with Crippen LogP contribution in [0.5, 0.6) is 0 Å². The first kappa shape index (κ1) is 13.5. The summed E-state index contributed by atoms with van der Waals surface area (Å²) in [7, 11) is 0. The maximum atomic E-state index is 13.1. The van der Waals surface area contributed by atoms with Gasteiger partial charge in [0.05, 0.1) is 5.02 Å². The van der Waals surface area contributed by atoms with Gasteiger partial charge in [0, 0.05) is 11.5 Å². The minimum absolute atomic E-state index is 0.0312. The summed E-state index contributed by atoms with van der Waals surface area (Å²) in [5.74, 6) is 0.396. The molecule has 0 amide bonds. The first-order valence-corrected chi connectivity index (χ1v) is 6.99. The Bertz CT molecular complexity index is 444. The van der Waals surface area contributed by atoms with Crippen molar-refractivity contribution < 1.29 is 9.18 Å². The molecule has 1 fully saturated rings. The molecule has 1 nitrogen and oxygen atoms in total. The molecule has 1 aromatic carbocycles. The van der Waals surface area contributed by atoms with Crippen molar-refractivity contribution in [2.45, 2.75) is 39.0 Å². The van der Waals surface area contributed by atoms with Crippen LogP contribution in [0.1, 0.15) is 49.4 Å². The van der Waals surface area contributed by atoms with Crippen molar-refractivity contribution in [1.82, 2.24) is 0 Å². The van der Waals surface area contributed by atoms with E-state index in [1.54, 1.807) is 6.07 Å². The maximum Gasteiger partial charge on any atom is 0.166 e. The SMILES string of the molecule is CCC1CCCC(C(=O)c2ccc(F)c(Cl)c2)C1. The molecule has 0 radical (unpaired) electrons. The Morgan fingerprint density at radius 3 is 2.89 bits per heavy atom. The molecule has 1 aromatic rings. The van der Waals surface area contributed by atoms with Crippen molar-refractivity contribution in [2.24, 2.45) is 11.8 Å². The number of carbonyl (C=O) groups excluding carboxylic acids is 1. The van der Waals surface area contributed by atoms with Gasteiger partial charge in [0.15, 0.2) is 5.78 Å². The molecule has 2 atom stereocenters. The number of carbonyl (C=O) groups is 1. The third-order valence-corrected chi connectivity index (χ3v) is 4.22. The van der Waals surface area contributed by atoms with E-state index in [0.29, 0.717) is 11.5 Å². The Morgan fingerprint density at radius 1 is 1.44 bits per heavy atom. The molecule has 2 rings (SSSR count). The zero-order valence-corrected chi connectivity index (χ0v) is 11.3. The second-order valence-electron chi connectivity index (χ2n) is 5.13. The summed E-state index contributed by atoms with van der Waals surface area (Å²) in [6.45, 7) is 2.17. The molecular formula is C15H18ClFO. The van der Waals surface area contributed by atoms with Gasteiger partial charge in [-0.2, -0.15) is 0 Å². The summed E-state index contributed by atoms with van der Waals surface area (Å²) in [5, 5.41) is 0.0312. The summed E-state index contributed by atoms with van der Waals surface area (Å²) in [5.41, 5.74) is 0.545. The Kier molecular flexibility index (Phi) is 4.39. The lowest BCUT2D eigenvalue weighted by molar-refractivity contribution is 0.0862. The van der Waals surface area contributed by atoms with Gasteiger partial charge in [0.2, 0.25) is 0 Å². The van der Waals surface area contributed by atoms with Crippen molar-refractivity contribution in [3.05, 3.63) is 34.6 Å². The molecule has 2 unspecified atom stereocenters. The average Bonchev–Trinajstić information content (AvgIpc) is 2.41. The van der Waals surface area contributed by atoms with Crippen LogP contribution in [0.4, 0.5) is 4.39 Å². The van der Waals surface area contributed by atoms with Gasteiger partial charge in [-0.1, -0.05) is 37.8 Å². The number of ketones is 1. The van der Waals surface area contributed by atoms with E-state index in [2.05, 4.69) is 6.92 Å². The zero-order chi connectivity index (χ0) is 13.1. The van der Waals surface area contributed by atoms with Crippen LogP contribution in [-0.4, -0.2) is 5.78 Å². The van der Waals surface area contributed by atoms with Crippen LogP contribution in [0.2, 0.25) is 5.02 Å². The molecule has 3 heteroatoms. The lowest BCUT2D eigenvalue weighted by Gasteiger charge is -2.27. The Morgan fingerprint density at radius 2 is 2.22 bits per heavy atom. The van der Waals surface area contributed by atoms with Crippen molar-refractivity contribution in [1.29, 1.82) is 0 Å². The van der Waals surface area contributed by atoms with Crippen LogP contribution in [-0.2, 0) is 0 Å². The fourth-order valence-electron chi connectivity index (χ4n) is 2.79. The number of hydrogen-bond acceptors (Lipinski definition) is 1. The Balaban J connectivity index is 2.12. The highest BCUT2D eigenvalue weighted by atomic mass is 35.5. The van der Waals surface area contributed by atoms with E-state index in [4.69, 9.17) is 11.6 Å². The van der Waals surface area contributed by atoms with Gasteiger partial charge < -0.3 is 0 Å². The van der Waals surface area contributed by atoms with Gasteiger partial charge in [-0.05, 0) is 37.0 Å². The van der Waals surface area contributed by atoms with Gasteiger partial charge in [-0.15, -0.1) is 0 Å². The molecule has 1 aliphatic carbocycles. The van der Waals surface area contributed by atoms with E-state index in [1.165, 1.54) is 18.6 Å². The molecule has 0 aliphatic heterocycles. The van der Waals surface area contributed by atoms with Gasteiger partial charge in [-0.25, -0.2) is 4.39 Å². The number of rotatable bonds is 3. The predicted molar refractivity (Wildman–Crippen MR) is 71.5 cm³/mol. The van der Waals surface area contributed by atoms with Crippen molar-refractivity contribution in [3.63, 3.8) is 0 Å². The van der Waals surface area contributed by atoms with E-state index in [9.17, 15) is 9.18 Å². The summed E-state index contributed by atoms with van der Waals surface area (Å²) in [4.78, 5) is 12.3. The fourth-order valence-corrected chi connectivity index (χ4v) is 2.97. The second kappa shape index (κ2) is 5.83. The van der Waals surface area contributed by atoms with Crippen LogP contribution in [0.15, 0.2) is 18.2 Å². The molecule has 0 spiro atoms. The molecule has 0 heterocycles. The normalized spacial score (nSPS) is 23.9. The number of hydrogen-bond donors (Lipinski definition) is 0. The first-order valence-electron chi connectivity index (χ1n) is 6.61. The standard InChI is InChI=1S/C15H18ClFO/c1-2-10-4-3-5-11(8-10)15(18)12-6-7-14(17)13(16)9-12/h6-7,9-11H,2-5,8H2,1H3. The van der Waals surface area contributed by atoms with Crippen LogP contribution >= 0.6 is 11.6 Å². The van der Waals surface area contributed by atoms with E-state index in [0.717, 1.165) is 25.7 Å². The lowest BCUT2D eigenvalue weighted by Crippen LogP contribution is -2.22. The zero-order valence-electron chi connectivity index (χ0n) is 10.6. The lowest BCUT2D eigenvalue weighted by atomic mass is 9.77. The molecular weight excluding hydrogens is 251 g/mol. The molecule has 1 saturated carbocycles. The van der Waals surface area contributed by atoms with Gasteiger partial charge in [0.25, 0.3) is 0 Å². The molecule has 0 saturated heterocycles. The fraction of sp³-hybridized carbons (Fsp3) is 0.533. The molecule has 98 valence electrons. The third-order valence-electron chi connectivity index (χ3n) is 3.94. The van der Waals surface area contributed by atoms with Crippen molar-refractivity contribution in [2.75, 3.05) is 0 Å². The average molecular weight is 269 g/mol. The summed E-state index contributed by atoms with van der Waals surface area (Å²) in [6, 6.07) is 4.27. The summed E-state index contributed by atoms with van der Waals surface area (Å²) < 4.78 is 13.1. The third kappa shape index (κ3) is 2.92. The largest absolute Gasteiger partial charge is 0.294 e. The summed E-state index contributed by atoms with van der Waals surface area (Å²) in [6.07, 6.45) is 5.39. The minimum atomic E-state index is -0.469. The molecule has 0 N–H and O–H groups in total. The minimum Gasteiger partial charge on any atom is -0.294 e. The van der Waals surface area contributed by atoms with Crippen LogP contribution in [0.3, 0.4) is 0 Å². The van der Waals surface area contributed by atoms with Crippen molar-refractivity contribution >= 4 is 17.4 Å².